The zero-order chi connectivity index (χ0) is 15.2. The molecule has 1 aromatic carbocycles. The number of hydrogen-bond acceptors (Lipinski definition) is 4. The Balaban J connectivity index is 2.76. The van der Waals surface area contributed by atoms with E-state index in [4.69, 9.17) is 15.2 Å². The number of methoxy groups -OCH3 is 2. The molecule has 20 heavy (non-hydrogen) atoms. The highest BCUT2D eigenvalue weighted by molar-refractivity contribution is 5.85. The second kappa shape index (κ2) is 7.14. The number of carbonyl (C=O) groups excluding carboxylic acids is 1. The van der Waals surface area contributed by atoms with Crippen LogP contribution in [0, 0.1) is 0 Å². The lowest BCUT2D eigenvalue weighted by molar-refractivity contribution is -0.126. The first-order valence-corrected chi connectivity index (χ1v) is 6.72. The Labute approximate surface area is 120 Å². The van der Waals surface area contributed by atoms with Crippen molar-refractivity contribution in [3.05, 3.63) is 23.8 Å². The van der Waals surface area contributed by atoms with Gasteiger partial charge in [-0.05, 0) is 31.5 Å². The summed E-state index contributed by atoms with van der Waals surface area (Å²) in [4.78, 5) is 12.1. The van der Waals surface area contributed by atoms with Gasteiger partial charge in [-0.2, -0.15) is 0 Å². The van der Waals surface area contributed by atoms with Crippen LogP contribution in [0.2, 0.25) is 0 Å². The minimum absolute atomic E-state index is 0.163. The molecule has 0 fully saturated rings. The third-order valence-corrected chi connectivity index (χ3v) is 3.22. The van der Waals surface area contributed by atoms with Crippen molar-refractivity contribution in [2.45, 2.75) is 38.8 Å². The fraction of sp³-hybridized carbons (Fsp3) is 0.533. The number of carbonyl (C=O) groups is 1. The van der Waals surface area contributed by atoms with Crippen molar-refractivity contribution in [2.24, 2.45) is 5.73 Å². The Hall–Kier alpha value is -1.75. The van der Waals surface area contributed by atoms with Gasteiger partial charge in [-0.15, -0.1) is 0 Å². The molecule has 0 aliphatic rings. The van der Waals surface area contributed by atoms with Crippen LogP contribution in [0.15, 0.2) is 18.2 Å². The predicted octanol–water partition coefficient (Wildman–Crippen LogP) is 1.84. The van der Waals surface area contributed by atoms with Gasteiger partial charge in [0, 0.05) is 12.1 Å². The van der Waals surface area contributed by atoms with E-state index in [-0.39, 0.29) is 5.91 Å². The minimum Gasteiger partial charge on any atom is -0.497 e. The van der Waals surface area contributed by atoms with Crippen molar-refractivity contribution >= 4 is 5.91 Å². The summed E-state index contributed by atoms with van der Waals surface area (Å²) in [5, 5.41) is 2.85. The maximum atomic E-state index is 12.1. The van der Waals surface area contributed by atoms with E-state index in [0.29, 0.717) is 18.7 Å². The first-order chi connectivity index (χ1) is 9.44. The standard InChI is InChI=1S/C15H24N2O3/c1-5-8-15(2,16)14(18)17-10-11-9-12(19-3)6-7-13(11)20-4/h6-7,9H,5,8,10,16H2,1-4H3,(H,17,18). The molecule has 0 radical (unpaired) electrons. The molecule has 0 saturated heterocycles. The number of amides is 1. The van der Waals surface area contributed by atoms with E-state index in [2.05, 4.69) is 5.32 Å². The maximum Gasteiger partial charge on any atom is 0.240 e. The summed E-state index contributed by atoms with van der Waals surface area (Å²) in [5.41, 5.74) is 6.00. The van der Waals surface area contributed by atoms with Crippen LogP contribution in [0.5, 0.6) is 11.5 Å². The van der Waals surface area contributed by atoms with E-state index in [1.54, 1.807) is 21.1 Å². The van der Waals surface area contributed by atoms with Gasteiger partial charge >= 0.3 is 0 Å². The van der Waals surface area contributed by atoms with Gasteiger partial charge in [-0.1, -0.05) is 13.3 Å². The molecule has 112 valence electrons. The van der Waals surface area contributed by atoms with E-state index < -0.39 is 5.54 Å². The molecule has 1 aromatic rings. The summed E-state index contributed by atoms with van der Waals surface area (Å²) < 4.78 is 10.4. The van der Waals surface area contributed by atoms with E-state index in [9.17, 15) is 4.79 Å². The van der Waals surface area contributed by atoms with Crippen LogP contribution in [0.25, 0.3) is 0 Å². The van der Waals surface area contributed by atoms with Crippen LogP contribution in [0.3, 0.4) is 0 Å². The summed E-state index contributed by atoms with van der Waals surface area (Å²) in [6.07, 6.45) is 1.51. The van der Waals surface area contributed by atoms with Gasteiger partial charge in [0.15, 0.2) is 0 Å². The SMILES string of the molecule is CCCC(C)(N)C(=O)NCc1cc(OC)ccc1OC. The van der Waals surface area contributed by atoms with E-state index in [1.165, 1.54) is 0 Å². The molecule has 0 heterocycles. The predicted molar refractivity (Wildman–Crippen MR) is 78.9 cm³/mol. The van der Waals surface area contributed by atoms with Crippen LogP contribution in [0.1, 0.15) is 32.3 Å². The summed E-state index contributed by atoms with van der Waals surface area (Å²) in [6.45, 7) is 4.10. The summed E-state index contributed by atoms with van der Waals surface area (Å²) in [5.74, 6) is 1.27. The molecular formula is C15H24N2O3. The molecule has 3 N–H and O–H groups in total. The van der Waals surface area contributed by atoms with Gasteiger partial charge in [-0.3, -0.25) is 4.79 Å². The third kappa shape index (κ3) is 4.13. The highest BCUT2D eigenvalue weighted by atomic mass is 16.5. The van der Waals surface area contributed by atoms with Gasteiger partial charge < -0.3 is 20.5 Å². The number of rotatable bonds is 7. The Morgan fingerprint density at radius 2 is 2.05 bits per heavy atom. The molecule has 5 nitrogen and oxygen atoms in total. The highest BCUT2D eigenvalue weighted by Gasteiger charge is 2.26. The van der Waals surface area contributed by atoms with Crippen LogP contribution in [0.4, 0.5) is 0 Å². The second-order valence-corrected chi connectivity index (χ2v) is 5.03. The van der Waals surface area contributed by atoms with Crippen LogP contribution in [-0.4, -0.2) is 25.7 Å². The molecule has 1 unspecified atom stereocenters. The number of nitrogens with two attached hydrogens (primary N) is 1. The van der Waals surface area contributed by atoms with Crippen LogP contribution < -0.4 is 20.5 Å². The van der Waals surface area contributed by atoms with Gasteiger partial charge in [0.1, 0.15) is 11.5 Å². The quantitative estimate of drug-likeness (QED) is 0.799. The average Bonchev–Trinajstić information content (AvgIpc) is 2.44. The van der Waals surface area contributed by atoms with E-state index in [0.717, 1.165) is 17.7 Å². The topological polar surface area (TPSA) is 73.6 Å². The molecule has 0 aromatic heterocycles. The monoisotopic (exact) mass is 280 g/mol. The lowest BCUT2D eigenvalue weighted by Gasteiger charge is -2.23. The summed E-state index contributed by atoms with van der Waals surface area (Å²) >= 11 is 0. The largest absolute Gasteiger partial charge is 0.497 e. The minimum atomic E-state index is -0.846. The third-order valence-electron chi connectivity index (χ3n) is 3.22. The van der Waals surface area contributed by atoms with E-state index >= 15 is 0 Å². The smallest absolute Gasteiger partial charge is 0.240 e. The Bertz CT molecular complexity index is 458. The lowest BCUT2D eigenvalue weighted by atomic mass is 9.96. The molecule has 0 aliphatic carbocycles. The van der Waals surface area contributed by atoms with Gasteiger partial charge in [0.2, 0.25) is 5.91 Å². The van der Waals surface area contributed by atoms with Crippen molar-refractivity contribution in [3.63, 3.8) is 0 Å². The number of hydrogen-bond donors (Lipinski definition) is 2. The molecule has 5 heteroatoms. The van der Waals surface area contributed by atoms with E-state index in [1.807, 2.05) is 25.1 Å². The number of ether oxygens (including phenoxy) is 2. The zero-order valence-electron chi connectivity index (χ0n) is 12.7. The first-order valence-electron chi connectivity index (χ1n) is 6.72. The normalized spacial score (nSPS) is 13.4. The Morgan fingerprint density at radius 1 is 1.35 bits per heavy atom. The van der Waals surface area contributed by atoms with Crippen molar-refractivity contribution in [1.82, 2.24) is 5.32 Å². The molecule has 1 atom stereocenters. The van der Waals surface area contributed by atoms with Crippen molar-refractivity contribution in [1.29, 1.82) is 0 Å². The van der Waals surface area contributed by atoms with Gasteiger partial charge in [0.25, 0.3) is 0 Å². The molecular weight excluding hydrogens is 256 g/mol. The Morgan fingerprint density at radius 3 is 2.60 bits per heavy atom. The first kappa shape index (κ1) is 16.3. The maximum absolute atomic E-state index is 12.1. The molecule has 0 bridgehead atoms. The molecule has 1 amide bonds. The molecule has 0 aliphatic heterocycles. The molecule has 0 saturated carbocycles. The lowest BCUT2D eigenvalue weighted by Crippen LogP contribution is -2.51. The zero-order valence-corrected chi connectivity index (χ0v) is 12.7. The van der Waals surface area contributed by atoms with Crippen molar-refractivity contribution < 1.29 is 14.3 Å². The fourth-order valence-corrected chi connectivity index (χ4v) is 2.03. The summed E-state index contributed by atoms with van der Waals surface area (Å²) in [6, 6.07) is 5.47. The molecule has 0 spiro atoms. The summed E-state index contributed by atoms with van der Waals surface area (Å²) in [7, 11) is 3.19. The number of benzene rings is 1. The van der Waals surface area contributed by atoms with Crippen molar-refractivity contribution in [3.8, 4) is 11.5 Å². The molecule has 1 rings (SSSR count). The van der Waals surface area contributed by atoms with Crippen LogP contribution in [-0.2, 0) is 11.3 Å². The van der Waals surface area contributed by atoms with Gasteiger partial charge in [0.05, 0.1) is 19.8 Å². The van der Waals surface area contributed by atoms with Crippen LogP contribution >= 0.6 is 0 Å². The highest BCUT2D eigenvalue weighted by Crippen LogP contribution is 2.23. The second-order valence-electron chi connectivity index (χ2n) is 5.03. The Kier molecular flexibility index (Phi) is 5.82. The number of nitrogens with one attached hydrogen (secondary N) is 1. The fourth-order valence-electron chi connectivity index (χ4n) is 2.03. The van der Waals surface area contributed by atoms with Crippen molar-refractivity contribution in [2.75, 3.05) is 14.2 Å². The van der Waals surface area contributed by atoms with Gasteiger partial charge in [-0.25, -0.2) is 0 Å². The average molecular weight is 280 g/mol.